The minimum absolute atomic E-state index is 0.523. The Kier molecular flexibility index (Phi) is 3.45. The highest BCUT2D eigenvalue weighted by Gasteiger charge is 2.44. The van der Waals surface area contributed by atoms with Crippen molar-refractivity contribution in [3.05, 3.63) is 23.8 Å². The second-order valence-corrected chi connectivity index (χ2v) is 4.79. The van der Waals surface area contributed by atoms with Gasteiger partial charge in [-0.1, -0.05) is 12.5 Å². The van der Waals surface area contributed by atoms with Crippen molar-refractivity contribution < 1.29 is 19.4 Å². The van der Waals surface area contributed by atoms with Crippen LogP contribution in [0.25, 0.3) is 0 Å². The molecule has 0 aliphatic heterocycles. The van der Waals surface area contributed by atoms with Gasteiger partial charge in [-0.3, -0.25) is 4.79 Å². The van der Waals surface area contributed by atoms with Crippen molar-refractivity contribution in [3.63, 3.8) is 0 Å². The highest BCUT2D eigenvalue weighted by molar-refractivity contribution is 5.76. The molecular weight excluding hydrogens is 232 g/mol. The zero-order chi connectivity index (χ0) is 13.2. The smallest absolute Gasteiger partial charge is 0.309 e. The summed E-state index contributed by atoms with van der Waals surface area (Å²) in [7, 11) is 3.19. The maximum Gasteiger partial charge on any atom is 0.309 e. The van der Waals surface area contributed by atoms with Gasteiger partial charge in [-0.25, -0.2) is 0 Å². The lowest BCUT2D eigenvalue weighted by atomic mass is 9.65. The Bertz CT molecular complexity index is 449. The summed E-state index contributed by atoms with van der Waals surface area (Å²) in [5.41, 5.74) is 0.336. The fourth-order valence-corrected chi connectivity index (χ4v) is 2.43. The van der Waals surface area contributed by atoms with Crippen LogP contribution in [0.15, 0.2) is 18.2 Å². The third-order valence-electron chi connectivity index (χ3n) is 3.79. The van der Waals surface area contributed by atoms with E-state index < -0.39 is 11.4 Å². The third kappa shape index (κ3) is 2.15. The zero-order valence-electron chi connectivity index (χ0n) is 10.7. The van der Waals surface area contributed by atoms with Gasteiger partial charge < -0.3 is 14.6 Å². The zero-order valence-corrected chi connectivity index (χ0v) is 10.7. The van der Waals surface area contributed by atoms with Crippen molar-refractivity contribution in [1.82, 2.24) is 0 Å². The van der Waals surface area contributed by atoms with Crippen molar-refractivity contribution >= 4 is 5.97 Å². The first-order valence-electron chi connectivity index (χ1n) is 6.05. The van der Waals surface area contributed by atoms with E-state index in [9.17, 15) is 9.90 Å². The lowest BCUT2D eigenvalue weighted by Crippen LogP contribution is -2.39. The van der Waals surface area contributed by atoms with Crippen LogP contribution in [0.5, 0.6) is 11.5 Å². The van der Waals surface area contributed by atoms with E-state index in [-0.39, 0.29) is 0 Å². The second kappa shape index (κ2) is 4.88. The molecule has 0 aromatic heterocycles. The van der Waals surface area contributed by atoms with E-state index in [2.05, 4.69) is 0 Å². The Balaban J connectivity index is 2.25. The Labute approximate surface area is 107 Å². The van der Waals surface area contributed by atoms with Crippen LogP contribution >= 0.6 is 0 Å². The summed E-state index contributed by atoms with van der Waals surface area (Å²) in [5.74, 6) is 0.710. The van der Waals surface area contributed by atoms with E-state index >= 15 is 0 Å². The quantitative estimate of drug-likeness (QED) is 0.872. The summed E-state index contributed by atoms with van der Waals surface area (Å²) in [6.45, 7) is 0. The monoisotopic (exact) mass is 250 g/mol. The number of benzene rings is 1. The van der Waals surface area contributed by atoms with E-state index in [1.165, 1.54) is 0 Å². The molecule has 2 rings (SSSR count). The molecule has 1 N–H and O–H groups in total. The Hall–Kier alpha value is -1.71. The number of hydrogen-bond acceptors (Lipinski definition) is 3. The molecule has 1 aromatic rings. The molecule has 18 heavy (non-hydrogen) atoms. The summed E-state index contributed by atoms with van der Waals surface area (Å²) < 4.78 is 10.4. The highest BCUT2D eigenvalue weighted by atomic mass is 16.5. The van der Waals surface area contributed by atoms with Crippen molar-refractivity contribution in [2.75, 3.05) is 14.2 Å². The molecule has 1 fully saturated rings. The Morgan fingerprint density at radius 3 is 2.50 bits per heavy atom. The first kappa shape index (κ1) is 12.7. The minimum Gasteiger partial charge on any atom is -0.497 e. The highest BCUT2D eigenvalue weighted by Crippen LogP contribution is 2.45. The lowest BCUT2D eigenvalue weighted by molar-refractivity contribution is -0.154. The summed E-state index contributed by atoms with van der Waals surface area (Å²) in [6, 6.07) is 5.52. The van der Waals surface area contributed by atoms with Crippen LogP contribution in [-0.2, 0) is 11.2 Å². The molecule has 0 radical (unpaired) electrons. The average Bonchev–Trinajstić information content (AvgIpc) is 2.33. The van der Waals surface area contributed by atoms with E-state index in [0.29, 0.717) is 17.9 Å². The molecule has 0 saturated heterocycles. The van der Waals surface area contributed by atoms with Crippen LogP contribution in [0.2, 0.25) is 0 Å². The van der Waals surface area contributed by atoms with E-state index in [1.807, 2.05) is 12.1 Å². The van der Waals surface area contributed by atoms with Gasteiger partial charge in [0.05, 0.1) is 19.6 Å². The van der Waals surface area contributed by atoms with Crippen LogP contribution < -0.4 is 9.47 Å². The van der Waals surface area contributed by atoms with Crippen LogP contribution in [0.4, 0.5) is 0 Å². The number of rotatable bonds is 5. The van der Waals surface area contributed by atoms with E-state index in [4.69, 9.17) is 9.47 Å². The number of methoxy groups -OCH3 is 2. The number of carboxylic acids is 1. The number of aliphatic carboxylic acids is 1. The number of ether oxygens (including phenoxy) is 2. The third-order valence-corrected chi connectivity index (χ3v) is 3.79. The van der Waals surface area contributed by atoms with Gasteiger partial charge in [-0.15, -0.1) is 0 Å². The Morgan fingerprint density at radius 1 is 1.33 bits per heavy atom. The standard InChI is InChI=1S/C14H18O4/c1-17-11-5-4-10(12(8-11)18-2)9-14(13(15)16)6-3-7-14/h4-5,8H,3,6-7,9H2,1-2H3,(H,15,16). The summed E-state index contributed by atoms with van der Waals surface area (Å²) in [6.07, 6.45) is 3.01. The molecule has 0 bridgehead atoms. The van der Waals surface area contributed by atoms with Crippen molar-refractivity contribution in [3.8, 4) is 11.5 Å². The van der Waals surface area contributed by atoms with Crippen LogP contribution in [0, 0.1) is 5.41 Å². The molecule has 0 heterocycles. The van der Waals surface area contributed by atoms with Gasteiger partial charge in [0.2, 0.25) is 0 Å². The van der Waals surface area contributed by atoms with Crippen molar-refractivity contribution in [1.29, 1.82) is 0 Å². The fraction of sp³-hybridized carbons (Fsp3) is 0.500. The minimum atomic E-state index is -0.702. The van der Waals surface area contributed by atoms with Gasteiger partial charge in [0.1, 0.15) is 11.5 Å². The fourth-order valence-electron chi connectivity index (χ4n) is 2.43. The number of carboxylic acid groups (broad SMARTS) is 1. The largest absolute Gasteiger partial charge is 0.497 e. The molecule has 0 unspecified atom stereocenters. The molecule has 0 amide bonds. The molecule has 1 aliphatic rings. The van der Waals surface area contributed by atoms with Crippen molar-refractivity contribution in [2.24, 2.45) is 5.41 Å². The van der Waals surface area contributed by atoms with E-state index in [0.717, 1.165) is 24.8 Å². The maximum atomic E-state index is 11.4. The van der Waals surface area contributed by atoms with E-state index in [1.54, 1.807) is 20.3 Å². The lowest BCUT2D eigenvalue weighted by Gasteiger charge is -2.38. The molecular formula is C14H18O4. The van der Waals surface area contributed by atoms with Gasteiger partial charge in [0.15, 0.2) is 0 Å². The predicted molar refractivity (Wildman–Crippen MR) is 67.2 cm³/mol. The molecule has 98 valence electrons. The van der Waals surface area contributed by atoms with Crippen LogP contribution in [0.3, 0.4) is 0 Å². The normalized spacial score (nSPS) is 16.8. The summed E-state index contributed by atoms with van der Waals surface area (Å²) in [5, 5.41) is 9.34. The first-order chi connectivity index (χ1) is 8.61. The van der Waals surface area contributed by atoms with Gasteiger partial charge in [-0.2, -0.15) is 0 Å². The van der Waals surface area contributed by atoms with Gasteiger partial charge >= 0.3 is 5.97 Å². The molecule has 0 atom stereocenters. The van der Waals surface area contributed by atoms with Crippen LogP contribution in [-0.4, -0.2) is 25.3 Å². The van der Waals surface area contributed by atoms with Gasteiger partial charge in [0.25, 0.3) is 0 Å². The SMILES string of the molecule is COc1ccc(CC2(C(=O)O)CCC2)c(OC)c1. The average molecular weight is 250 g/mol. The van der Waals surface area contributed by atoms with Gasteiger partial charge in [-0.05, 0) is 30.9 Å². The molecule has 4 heteroatoms. The molecule has 1 aromatic carbocycles. The predicted octanol–water partition coefficient (Wildman–Crippen LogP) is 2.50. The molecule has 0 spiro atoms. The van der Waals surface area contributed by atoms with Gasteiger partial charge in [0, 0.05) is 6.07 Å². The topological polar surface area (TPSA) is 55.8 Å². The molecule has 1 aliphatic carbocycles. The summed E-state index contributed by atoms with van der Waals surface area (Å²) in [4.78, 5) is 11.4. The second-order valence-electron chi connectivity index (χ2n) is 4.79. The first-order valence-corrected chi connectivity index (χ1v) is 6.05. The van der Waals surface area contributed by atoms with Crippen molar-refractivity contribution in [2.45, 2.75) is 25.7 Å². The number of hydrogen-bond donors (Lipinski definition) is 1. The Morgan fingerprint density at radius 2 is 2.06 bits per heavy atom. The number of carbonyl (C=O) groups is 1. The maximum absolute atomic E-state index is 11.4. The molecule has 1 saturated carbocycles. The summed E-state index contributed by atoms with van der Waals surface area (Å²) >= 11 is 0. The van der Waals surface area contributed by atoms with Crippen LogP contribution in [0.1, 0.15) is 24.8 Å². The molecule has 4 nitrogen and oxygen atoms in total.